The molecule has 0 radical (unpaired) electrons. The minimum absolute atomic E-state index is 0.758. The molecule has 0 unspecified atom stereocenters. The first kappa shape index (κ1) is 18.6. The number of hydrogen-bond donors (Lipinski definition) is 3. The number of imidazole rings is 1. The Hall–Kier alpha value is -2.75. The van der Waals surface area contributed by atoms with Gasteiger partial charge in [0, 0.05) is 18.4 Å². The molecule has 3 rings (SSSR count). The molecule has 0 aliphatic carbocycles. The SMILES string of the molecule is Cc1nonc1CN1CCC(Cc2cnc[nH]2)CC1.O=C(O)C(=O)O. The lowest BCUT2D eigenvalue weighted by Crippen LogP contribution is -2.34. The first-order chi connectivity index (χ1) is 12.0. The number of carboxylic acid groups (broad SMARTS) is 2. The lowest BCUT2D eigenvalue weighted by Gasteiger charge is -2.31. The number of H-pyrrole nitrogens is 1. The molecule has 0 atom stereocenters. The molecular formula is C15H21N5O5. The molecule has 0 spiro atoms. The summed E-state index contributed by atoms with van der Waals surface area (Å²) < 4.78 is 4.74. The van der Waals surface area contributed by atoms with Crippen LogP contribution < -0.4 is 0 Å². The van der Waals surface area contributed by atoms with Crippen LogP contribution in [0.2, 0.25) is 0 Å². The Labute approximate surface area is 143 Å². The van der Waals surface area contributed by atoms with Crippen LogP contribution >= 0.6 is 0 Å². The predicted octanol–water partition coefficient (Wildman–Crippen LogP) is 0.711. The van der Waals surface area contributed by atoms with Gasteiger partial charge in [-0.2, -0.15) is 0 Å². The number of aliphatic carboxylic acids is 2. The molecular weight excluding hydrogens is 330 g/mol. The topological polar surface area (TPSA) is 145 Å². The fourth-order valence-corrected chi connectivity index (χ4v) is 2.66. The number of hydrogen-bond acceptors (Lipinski definition) is 7. The van der Waals surface area contributed by atoms with E-state index in [1.807, 2.05) is 13.1 Å². The van der Waals surface area contributed by atoms with Crippen LogP contribution in [0, 0.1) is 12.8 Å². The maximum absolute atomic E-state index is 9.10. The van der Waals surface area contributed by atoms with E-state index in [9.17, 15) is 0 Å². The lowest BCUT2D eigenvalue weighted by atomic mass is 9.92. The number of nitrogens with one attached hydrogen (secondary N) is 1. The third-order valence-electron chi connectivity index (χ3n) is 4.07. The van der Waals surface area contributed by atoms with Crippen LogP contribution in [-0.2, 0) is 22.6 Å². The van der Waals surface area contributed by atoms with Gasteiger partial charge in [0.2, 0.25) is 0 Å². The largest absolute Gasteiger partial charge is 0.473 e. The van der Waals surface area contributed by atoms with Crippen molar-refractivity contribution in [1.29, 1.82) is 0 Å². The number of aryl methyl sites for hydroxylation is 1. The van der Waals surface area contributed by atoms with Crippen LogP contribution in [0.5, 0.6) is 0 Å². The van der Waals surface area contributed by atoms with Crippen molar-refractivity contribution in [2.45, 2.75) is 32.7 Å². The molecule has 3 N–H and O–H groups in total. The summed E-state index contributed by atoms with van der Waals surface area (Å²) in [5.41, 5.74) is 3.11. The Morgan fingerprint density at radius 3 is 2.44 bits per heavy atom. The second-order valence-electron chi connectivity index (χ2n) is 5.91. The Balaban J connectivity index is 0.000000326. The number of piperidine rings is 1. The van der Waals surface area contributed by atoms with E-state index in [-0.39, 0.29) is 0 Å². The summed E-state index contributed by atoms with van der Waals surface area (Å²) in [6.45, 7) is 5.03. The summed E-state index contributed by atoms with van der Waals surface area (Å²) in [5, 5.41) is 22.6. The van der Waals surface area contributed by atoms with E-state index in [4.69, 9.17) is 24.4 Å². The molecule has 1 fully saturated rings. The molecule has 0 aromatic carbocycles. The summed E-state index contributed by atoms with van der Waals surface area (Å²) in [6, 6.07) is 0. The first-order valence-electron chi connectivity index (χ1n) is 7.89. The highest BCUT2D eigenvalue weighted by Gasteiger charge is 2.21. The highest BCUT2D eigenvalue weighted by Crippen LogP contribution is 2.22. The standard InChI is InChI=1S/C13H19N5O.C2H2O4/c1-10-13(17-19-16-10)8-18-4-2-11(3-5-18)6-12-7-14-9-15-12;3-1(4)2(5)6/h7,9,11H,2-6,8H2,1H3,(H,14,15);(H,3,4)(H,5,6). The lowest BCUT2D eigenvalue weighted by molar-refractivity contribution is -0.159. The molecule has 10 heteroatoms. The first-order valence-corrected chi connectivity index (χ1v) is 7.89. The van der Waals surface area contributed by atoms with Crippen molar-refractivity contribution in [3.8, 4) is 0 Å². The average Bonchev–Trinajstić information content (AvgIpc) is 3.22. The van der Waals surface area contributed by atoms with E-state index in [0.29, 0.717) is 0 Å². The molecule has 10 nitrogen and oxygen atoms in total. The van der Waals surface area contributed by atoms with Gasteiger partial charge in [0.15, 0.2) is 0 Å². The number of aromatic nitrogens is 4. The van der Waals surface area contributed by atoms with Crippen LogP contribution in [0.1, 0.15) is 29.9 Å². The van der Waals surface area contributed by atoms with Crippen molar-refractivity contribution < 1.29 is 24.4 Å². The van der Waals surface area contributed by atoms with Gasteiger partial charge in [-0.15, -0.1) is 0 Å². The summed E-state index contributed by atoms with van der Waals surface area (Å²) in [5.74, 6) is -2.89. The molecule has 3 heterocycles. The zero-order valence-electron chi connectivity index (χ0n) is 13.9. The molecule has 2 aromatic heterocycles. The van der Waals surface area contributed by atoms with Gasteiger partial charge in [0.1, 0.15) is 11.4 Å². The summed E-state index contributed by atoms with van der Waals surface area (Å²) in [6.07, 6.45) is 7.24. The molecule has 1 aliphatic rings. The zero-order valence-corrected chi connectivity index (χ0v) is 13.9. The molecule has 0 bridgehead atoms. The number of likely N-dealkylation sites (tertiary alicyclic amines) is 1. The number of nitrogens with zero attached hydrogens (tertiary/aromatic N) is 4. The Kier molecular flexibility index (Phi) is 6.63. The van der Waals surface area contributed by atoms with E-state index in [1.54, 1.807) is 6.33 Å². The highest BCUT2D eigenvalue weighted by atomic mass is 16.6. The summed E-state index contributed by atoms with van der Waals surface area (Å²) >= 11 is 0. The molecule has 2 aromatic rings. The van der Waals surface area contributed by atoms with Gasteiger partial charge >= 0.3 is 11.9 Å². The quantitative estimate of drug-likeness (QED) is 0.678. The monoisotopic (exact) mass is 351 g/mol. The van der Waals surface area contributed by atoms with Crippen LogP contribution in [0.4, 0.5) is 0 Å². The maximum Gasteiger partial charge on any atom is 0.414 e. The molecule has 1 saturated heterocycles. The van der Waals surface area contributed by atoms with Crippen molar-refractivity contribution in [1.82, 2.24) is 25.2 Å². The predicted molar refractivity (Wildman–Crippen MR) is 84.6 cm³/mol. The third kappa shape index (κ3) is 5.99. The van der Waals surface area contributed by atoms with Gasteiger partial charge in [-0.1, -0.05) is 10.3 Å². The van der Waals surface area contributed by atoms with Crippen molar-refractivity contribution in [3.63, 3.8) is 0 Å². The number of aromatic amines is 1. The minimum Gasteiger partial charge on any atom is -0.473 e. The van der Waals surface area contributed by atoms with E-state index in [2.05, 4.69) is 25.2 Å². The van der Waals surface area contributed by atoms with Crippen LogP contribution in [-0.4, -0.2) is 60.4 Å². The average molecular weight is 351 g/mol. The van der Waals surface area contributed by atoms with Gasteiger partial charge < -0.3 is 15.2 Å². The second-order valence-corrected chi connectivity index (χ2v) is 5.91. The van der Waals surface area contributed by atoms with Gasteiger partial charge in [-0.25, -0.2) is 19.2 Å². The fourth-order valence-electron chi connectivity index (χ4n) is 2.66. The third-order valence-corrected chi connectivity index (χ3v) is 4.07. The number of carbonyl (C=O) groups is 2. The number of carboxylic acids is 2. The van der Waals surface area contributed by atoms with Crippen LogP contribution in [0.15, 0.2) is 17.2 Å². The normalized spacial score (nSPS) is 15.4. The van der Waals surface area contributed by atoms with E-state index < -0.39 is 11.9 Å². The second kappa shape index (κ2) is 8.92. The molecule has 1 aliphatic heterocycles. The van der Waals surface area contributed by atoms with E-state index in [0.717, 1.165) is 43.4 Å². The van der Waals surface area contributed by atoms with Crippen molar-refractivity contribution in [2.75, 3.05) is 13.1 Å². The minimum atomic E-state index is -1.82. The fraction of sp³-hybridized carbons (Fsp3) is 0.533. The van der Waals surface area contributed by atoms with Crippen LogP contribution in [0.3, 0.4) is 0 Å². The number of rotatable bonds is 4. The van der Waals surface area contributed by atoms with E-state index >= 15 is 0 Å². The van der Waals surface area contributed by atoms with Gasteiger partial charge in [-0.3, -0.25) is 4.90 Å². The van der Waals surface area contributed by atoms with Crippen molar-refractivity contribution >= 4 is 11.9 Å². The highest BCUT2D eigenvalue weighted by molar-refractivity contribution is 6.27. The Morgan fingerprint density at radius 1 is 1.28 bits per heavy atom. The maximum atomic E-state index is 9.10. The smallest absolute Gasteiger partial charge is 0.414 e. The van der Waals surface area contributed by atoms with Gasteiger partial charge in [0.25, 0.3) is 0 Å². The van der Waals surface area contributed by atoms with Crippen molar-refractivity contribution in [3.05, 3.63) is 29.6 Å². The molecule has 0 saturated carbocycles. The van der Waals surface area contributed by atoms with Gasteiger partial charge in [-0.05, 0) is 45.2 Å². The Morgan fingerprint density at radius 2 is 1.96 bits per heavy atom. The summed E-state index contributed by atoms with van der Waals surface area (Å²) in [4.78, 5) is 27.9. The van der Waals surface area contributed by atoms with E-state index in [1.165, 1.54) is 18.5 Å². The van der Waals surface area contributed by atoms with Crippen molar-refractivity contribution in [2.24, 2.45) is 5.92 Å². The molecule has 25 heavy (non-hydrogen) atoms. The summed E-state index contributed by atoms with van der Waals surface area (Å²) in [7, 11) is 0. The molecule has 136 valence electrons. The van der Waals surface area contributed by atoms with Gasteiger partial charge in [0.05, 0.1) is 6.33 Å². The zero-order chi connectivity index (χ0) is 18.2. The van der Waals surface area contributed by atoms with Crippen LogP contribution in [0.25, 0.3) is 0 Å². The molecule has 0 amide bonds. The Bertz CT molecular complexity index is 664.